The van der Waals surface area contributed by atoms with Crippen LogP contribution in [0.4, 0.5) is 14.6 Å². The topological polar surface area (TPSA) is 79.5 Å². The van der Waals surface area contributed by atoms with Crippen LogP contribution in [0.3, 0.4) is 0 Å². The Bertz CT molecular complexity index is 815. The first-order valence-corrected chi connectivity index (χ1v) is 9.59. The van der Waals surface area contributed by atoms with Gasteiger partial charge in [-0.25, -0.2) is 13.5 Å². The predicted octanol–water partition coefficient (Wildman–Crippen LogP) is 4.86. The van der Waals surface area contributed by atoms with E-state index in [9.17, 15) is 18.7 Å². The minimum Gasteiger partial charge on any atom is -0.390 e. The van der Waals surface area contributed by atoms with Crippen LogP contribution in [0.25, 0.3) is 0 Å². The van der Waals surface area contributed by atoms with E-state index in [1.807, 2.05) is 27.7 Å². The Labute approximate surface area is 170 Å². The summed E-state index contributed by atoms with van der Waals surface area (Å²) in [6.07, 6.45) is -1.90. The number of rotatable bonds is 7. The summed E-state index contributed by atoms with van der Waals surface area (Å²) in [5, 5.41) is 17.1. The van der Waals surface area contributed by atoms with E-state index in [0.29, 0.717) is 17.9 Å². The van der Waals surface area contributed by atoms with Crippen LogP contribution in [0.5, 0.6) is 0 Å². The van der Waals surface area contributed by atoms with Gasteiger partial charge in [-0.2, -0.15) is 5.10 Å². The van der Waals surface area contributed by atoms with Crippen molar-refractivity contribution < 1.29 is 18.7 Å². The third-order valence-electron chi connectivity index (χ3n) is 4.35. The number of halogens is 2. The third kappa shape index (κ3) is 5.69. The van der Waals surface area contributed by atoms with Gasteiger partial charge in [0.15, 0.2) is 6.29 Å². The zero-order valence-electron chi connectivity index (χ0n) is 17.8. The van der Waals surface area contributed by atoms with Crippen molar-refractivity contribution in [3.05, 3.63) is 46.6 Å². The third-order valence-corrected chi connectivity index (χ3v) is 4.35. The lowest BCUT2D eigenvalue weighted by Crippen LogP contribution is -2.22. The van der Waals surface area contributed by atoms with E-state index in [0.717, 1.165) is 5.56 Å². The first-order valence-electron chi connectivity index (χ1n) is 9.59. The number of aliphatic imine (C=N–C) groups is 1. The van der Waals surface area contributed by atoms with E-state index in [4.69, 9.17) is 0 Å². The Morgan fingerprint density at radius 3 is 2.21 bits per heavy atom. The molecule has 0 aliphatic rings. The number of alkyl halides is 2. The van der Waals surface area contributed by atoms with E-state index < -0.39 is 13.0 Å². The Morgan fingerprint density at radius 1 is 1.24 bits per heavy atom. The van der Waals surface area contributed by atoms with Crippen LogP contribution >= 0.6 is 0 Å². The lowest BCUT2D eigenvalue weighted by molar-refractivity contribution is 0.112. The molecule has 0 spiro atoms. The van der Waals surface area contributed by atoms with Crippen LogP contribution in [-0.2, 0) is 6.61 Å². The SMILES string of the molecule is CC.CN=C(C)Nc1c(C=O)c(CO)nn1C(c1ccc(C(F)F)cc1)C(C)C. The largest absolute Gasteiger partial charge is 0.390 e. The number of carbonyl (C=O) groups excluding carboxylic acids is 1. The van der Waals surface area contributed by atoms with Gasteiger partial charge >= 0.3 is 0 Å². The molecule has 2 N–H and O–H groups in total. The van der Waals surface area contributed by atoms with Gasteiger partial charge in [0.25, 0.3) is 6.43 Å². The molecule has 6 nitrogen and oxygen atoms in total. The average molecular weight is 408 g/mol. The van der Waals surface area contributed by atoms with Gasteiger partial charge in [0, 0.05) is 12.6 Å². The number of aliphatic hydroxyl groups is 1. The fourth-order valence-electron chi connectivity index (χ4n) is 2.93. The Kier molecular flexibility index (Phi) is 9.61. The highest BCUT2D eigenvalue weighted by molar-refractivity contribution is 5.97. The van der Waals surface area contributed by atoms with E-state index in [-0.39, 0.29) is 28.8 Å². The normalized spacial score (nSPS) is 12.6. The highest BCUT2D eigenvalue weighted by atomic mass is 19.3. The van der Waals surface area contributed by atoms with Crippen molar-refractivity contribution in [2.24, 2.45) is 10.9 Å². The molecule has 0 aliphatic heterocycles. The molecule has 1 aromatic heterocycles. The summed E-state index contributed by atoms with van der Waals surface area (Å²) in [7, 11) is 1.61. The summed E-state index contributed by atoms with van der Waals surface area (Å²) in [6, 6.07) is 5.72. The first-order chi connectivity index (χ1) is 13.8. The van der Waals surface area contributed by atoms with E-state index in [1.165, 1.54) is 12.1 Å². The van der Waals surface area contributed by atoms with Crippen molar-refractivity contribution in [2.45, 2.75) is 53.7 Å². The standard InChI is InChI=1S/C19H24F2N4O2.C2H6/c1-11(2)17(13-5-7-14(8-6-13)18(20)21)25-19(23-12(3)22-4)15(9-26)16(10-27)24-25;1-2/h5-9,11,17-18,27H,10H2,1-4H3,(H,22,23);1-2H3. The van der Waals surface area contributed by atoms with Crippen LogP contribution in [0, 0.1) is 5.92 Å². The smallest absolute Gasteiger partial charge is 0.263 e. The van der Waals surface area contributed by atoms with Crippen molar-refractivity contribution in [1.82, 2.24) is 9.78 Å². The Balaban J connectivity index is 0.00000204. The lowest BCUT2D eigenvalue weighted by atomic mass is 9.95. The molecule has 2 aromatic rings. The second-order valence-corrected chi connectivity index (χ2v) is 6.52. The van der Waals surface area contributed by atoms with Crippen molar-refractivity contribution in [1.29, 1.82) is 0 Å². The summed E-state index contributed by atoms with van der Waals surface area (Å²) < 4.78 is 27.4. The number of aliphatic hydroxyl groups excluding tert-OH is 1. The summed E-state index contributed by atoms with van der Waals surface area (Å²) >= 11 is 0. The van der Waals surface area contributed by atoms with Crippen molar-refractivity contribution >= 4 is 17.9 Å². The van der Waals surface area contributed by atoms with Gasteiger partial charge in [0.05, 0.1) is 24.0 Å². The number of hydrogen-bond donors (Lipinski definition) is 2. The quantitative estimate of drug-likeness (QED) is 0.390. The number of carbonyl (C=O) groups is 1. The van der Waals surface area contributed by atoms with Crippen LogP contribution in [-0.4, -0.2) is 34.1 Å². The molecule has 1 aromatic carbocycles. The van der Waals surface area contributed by atoms with Gasteiger partial charge in [-0.05, 0) is 18.4 Å². The van der Waals surface area contributed by atoms with E-state index in [1.54, 1.807) is 30.8 Å². The molecule has 1 atom stereocenters. The van der Waals surface area contributed by atoms with Gasteiger partial charge in [-0.15, -0.1) is 0 Å². The molecule has 0 amide bonds. The molecule has 0 saturated heterocycles. The molecule has 1 unspecified atom stereocenters. The molecule has 0 bridgehead atoms. The van der Waals surface area contributed by atoms with Crippen LogP contribution < -0.4 is 5.32 Å². The molecule has 8 heteroatoms. The number of aldehydes is 1. The van der Waals surface area contributed by atoms with Crippen molar-refractivity contribution in [3.8, 4) is 0 Å². The number of amidine groups is 1. The fourth-order valence-corrected chi connectivity index (χ4v) is 2.93. The van der Waals surface area contributed by atoms with Gasteiger partial charge in [-0.3, -0.25) is 9.79 Å². The summed E-state index contributed by atoms with van der Waals surface area (Å²) in [4.78, 5) is 15.7. The molecule has 0 saturated carbocycles. The number of nitrogens with zero attached hydrogens (tertiary/aromatic N) is 3. The second-order valence-electron chi connectivity index (χ2n) is 6.52. The molecule has 0 aliphatic carbocycles. The summed E-state index contributed by atoms with van der Waals surface area (Å²) in [5.41, 5.74) is 1.20. The molecule has 1 heterocycles. The van der Waals surface area contributed by atoms with Gasteiger partial charge in [-0.1, -0.05) is 52.0 Å². The van der Waals surface area contributed by atoms with E-state index >= 15 is 0 Å². The minimum absolute atomic E-state index is 0.0350. The maximum absolute atomic E-state index is 12.9. The maximum Gasteiger partial charge on any atom is 0.263 e. The number of hydrogen-bond acceptors (Lipinski definition) is 4. The molecular formula is C21H30F2N4O2. The monoisotopic (exact) mass is 408 g/mol. The average Bonchev–Trinajstić information content (AvgIpc) is 3.06. The zero-order chi connectivity index (χ0) is 22.1. The predicted molar refractivity (Wildman–Crippen MR) is 112 cm³/mol. The fraction of sp³-hybridized carbons (Fsp3) is 0.476. The molecule has 2 rings (SSSR count). The first kappa shape index (κ1) is 24.4. The van der Waals surface area contributed by atoms with Crippen molar-refractivity contribution in [3.63, 3.8) is 0 Å². The van der Waals surface area contributed by atoms with E-state index in [2.05, 4.69) is 15.4 Å². The molecule has 29 heavy (non-hydrogen) atoms. The Hall–Kier alpha value is -2.61. The van der Waals surface area contributed by atoms with Crippen LogP contribution in [0.15, 0.2) is 29.3 Å². The maximum atomic E-state index is 12.9. The van der Waals surface area contributed by atoms with Crippen molar-refractivity contribution in [2.75, 3.05) is 12.4 Å². The highest BCUT2D eigenvalue weighted by Gasteiger charge is 2.26. The molecule has 0 radical (unpaired) electrons. The number of benzene rings is 1. The molecule has 160 valence electrons. The molecule has 0 fully saturated rings. The molecular weight excluding hydrogens is 378 g/mol. The van der Waals surface area contributed by atoms with Gasteiger partial charge in [0.2, 0.25) is 0 Å². The van der Waals surface area contributed by atoms with Crippen LogP contribution in [0.1, 0.15) is 74.3 Å². The minimum atomic E-state index is -2.54. The number of aromatic nitrogens is 2. The van der Waals surface area contributed by atoms with Gasteiger partial charge in [0.1, 0.15) is 11.5 Å². The number of anilines is 1. The Morgan fingerprint density at radius 2 is 1.79 bits per heavy atom. The zero-order valence-corrected chi connectivity index (χ0v) is 17.8. The lowest BCUT2D eigenvalue weighted by Gasteiger charge is -2.25. The highest BCUT2D eigenvalue weighted by Crippen LogP contribution is 2.33. The number of nitrogens with one attached hydrogen (secondary N) is 1. The second kappa shape index (κ2) is 11.4. The summed E-state index contributed by atoms with van der Waals surface area (Å²) in [5.74, 6) is 1.01. The summed E-state index contributed by atoms with van der Waals surface area (Å²) in [6.45, 7) is 9.29. The van der Waals surface area contributed by atoms with Crippen LogP contribution in [0.2, 0.25) is 0 Å². The van der Waals surface area contributed by atoms with Gasteiger partial charge < -0.3 is 10.4 Å².